The van der Waals surface area contributed by atoms with Gasteiger partial charge in [0.05, 0.1) is 12.3 Å². The minimum Gasteiger partial charge on any atom is -0.489 e. The summed E-state index contributed by atoms with van der Waals surface area (Å²) < 4.78 is 30.8. The molecule has 6 heteroatoms. The fourth-order valence-corrected chi connectivity index (χ4v) is 2.87. The zero-order valence-electron chi connectivity index (χ0n) is 13.2. The zero-order valence-corrected chi connectivity index (χ0v) is 14.8. The summed E-state index contributed by atoms with van der Waals surface area (Å²) in [5.74, 6) is 0.138. The summed E-state index contributed by atoms with van der Waals surface area (Å²) >= 11 is 3.24. The van der Waals surface area contributed by atoms with Crippen LogP contribution in [0, 0.1) is 5.82 Å². The molecule has 0 N–H and O–H groups in total. The van der Waals surface area contributed by atoms with Gasteiger partial charge in [-0.3, -0.25) is 4.98 Å². The Balaban J connectivity index is 1.48. The van der Waals surface area contributed by atoms with E-state index in [1.165, 1.54) is 12.1 Å². The van der Waals surface area contributed by atoms with Gasteiger partial charge in [0.25, 0.3) is 0 Å². The van der Waals surface area contributed by atoms with Crippen LogP contribution in [0.15, 0.2) is 41.0 Å². The van der Waals surface area contributed by atoms with E-state index in [1.54, 1.807) is 12.3 Å². The maximum atomic E-state index is 13.3. The second-order valence-electron chi connectivity index (χ2n) is 5.66. The summed E-state index contributed by atoms with van der Waals surface area (Å²) in [4.78, 5) is 4.37. The number of pyridine rings is 1. The molecular formula is C18H19BrFNO3. The van der Waals surface area contributed by atoms with Gasteiger partial charge in [-0.2, -0.15) is 0 Å². The van der Waals surface area contributed by atoms with Crippen LogP contribution in [-0.4, -0.2) is 17.9 Å². The predicted molar refractivity (Wildman–Crippen MR) is 91.0 cm³/mol. The second kappa shape index (κ2) is 8.55. The van der Waals surface area contributed by atoms with Crippen LogP contribution in [0.3, 0.4) is 0 Å². The van der Waals surface area contributed by atoms with E-state index < -0.39 is 0 Å². The van der Waals surface area contributed by atoms with Crippen LogP contribution in [0.4, 0.5) is 4.39 Å². The Morgan fingerprint density at radius 3 is 2.83 bits per heavy atom. The van der Waals surface area contributed by atoms with Crippen molar-refractivity contribution < 1.29 is 18.6 Å². The molecule has 0 radical (unpaired) electrons. The van der Waals surface area contributed by atoms with Gasteiger partial charge >= 0.3 is 0 Å². The number of halogens is 2. The average molecular weight is 396 g/mol. The molecule has 0 aliphatic carbocycles. The van der Waals surface area contributed by atoms with Gasteiger partial charge in [-0.05, 0) is 37.5 Å². The second-order valence-corrected chi connectivity index (χ2v) is 6.57. The van der Waals surface area contributed by atoms with Crippen LogP contribution in [-0.2, 0) is 22.7 Å². The van der Waals surface area contributed by atoms with Crippen LogP contribution in [0.25, 0.3) is 0 Å². The normalized spacial score (nSPS) is 17.7. The molecule has 1 unspecified atom stereocenters. The average Bonchev–Trinajstić information content (AvgIpc) is 2.59. The fourth-order valence-electron chi connectivity index (χ4n) is 2.43. The van der Waals surface area contributed by atoms with E-state index in [0.29, 0.717) is 23.4 Å². The van der Waals surface area contributed by atoms with Crippen LogP contribution < -0.4 is 4.74 Å². The molecule has 1 aliphatic heterocycles. The Kier molecular flexibility index (Phi) is 6.18. The Bertz CT molecular complexity index is 640. The van der Waals surface area contributed by atoms with Crippen molar-refractivity contribution in [3.63, 3.8) is 0 Å². The van der Waals surface area contributed by atoms with Gasteiger partial charge in [0.2, 0.25) is 0 Å². The van der Waals surface area contributed by atoms with Crippen molar-refractivity contribution >= 4 is 15.9 Å². The monoisotopic (exact) mass is 395 g/mol. The van der Waals surface area contributed by atoms with Crippen LogP contribution in [0.5, 0.6) is 5.75 Å². The number of nitrogens with zero attached hydrogens (tertiary/aromatic N) is 1. The number of aromatic nitrogens is 1. The topological polar surface area (TPSA) is 40.6 Å². The van der Waals surface area contributed by atoms with Gasteiger partial charge in [0.15, 0.2) is 6.29 Å². The minimum absolute atomic E-state index is 0.116. The molecular weight excluding hydrogens is 377 g/mol. The third-order valence-corrected chi connectivity index (χ3v) is 4.14. The van der Waals surface area contributed by atoms with Crippen molar-refractivity contribution in [1.82, 2.24) is 4.98 Å². The number of benzene rings is 1. The molecule has 0 bridgehead atoms. The van der Waals surface area contributed by atoms with Gasteiger partial charge in [0.1, 0.15) is 18.2 Å². The minimum atomic E-state index is -0.338. The first kappa shape index (κ1) is 17.3. The van der Waals surface area contributed by atoms with Gasteiger partial charge in [-0.25, -0.2) is 4.39 Å². The zero-order chi connectivity index (χ0) is 16.8. The fraction of sp³-hybridized carbons (Fsp3) is 0.389. The Hall–Kier alpha value is -1.50. The van der Waals surface area contributed by atoms with E-state index in [0.717, 1.165) is 37.1 Å². The van der Waals surface area contributed by atoms with Crippen LogP contribution in [0.1, 0.15) is 30.5 Å². The van der Waals surface area contributed by atoms with Crippen molar-refractivity contribution in [3.05, 3.63) is 58.1 Å². The molecule has 2 heterocycles. The lowest BCUT2D eigenvalue weighted by molar-refractivity contribution is -0.169. The summed E-state index contributed by atoms with van der Waals surface area (Å²) in [6, 6.07) is 8.30. The lowest BCUT2D eigenvalue weighted by atomic mass is 10.2. The van der Waals surface area contributed by atoms with Crippen molar-refractivity contribution in [2.45, 2.75) is 38.8 Å². The van der Waals surface area contributed by atoms with Crippen LogP contribution in [0.2, 0.25) is 0 Å². The van der Waals surface area contributed by atoms with Gasteiger partial charge in [-0.15, -0.1) is 0 Å². The summed E-state index contributed by atoms with van der Waals surface area (Å²) in [7, 11) is 0. The molecule has 0 amide bonds. The number of hydrogen-bond acceptors (Lipinski definition) is 4. The number of hydrogen-bond donors (Lipinski definition) is 0. The molecule has 1 aromatic heterocycles. The molecule has 0 spiro atoms. The summed E-state index contributed by atoms with van der Waals surface area (Å²) in [5.41, 5.74) is 1.76. The smallest absolute Gasteiger partial charge is 0.158 e. The molecule has 0 saturated carbocycles. The Morgan fingerprint density at radius 1 is 1.21 bits per heavy atom. The van der Waals surface area contributed by atoms with E-state index in [1.807, 2.05) is 12.1 Å². The predicted octanol–water partition coefficient (Wildman–Crippen LogP) is 4.61. The molecule has 3 rings (SSSR count). The molecule has 128 valence electrons. The Labute approximate surface area is 149 Å². The maximum Gasteiger partial charge on any atom is 0.158 e. The molecule has 1 saturated heterocycles. The molecule has 4 nitrogen and oxygen atoms in total. The first-order valence-corrected chi connectivity index (χ1v) is 8.74. The third-order valence-electron chi connectivity index (χ3n) is 3.68. The van der Waals surface area contributed by atoms with Gasteiger partial charge in [0, 0.05) is 28.9 Å². The van der Waals surface area contributed by atoms with Crippen molar-refractivity contribution in [3.8, 4) is 5.75 Å². The summed E-state index contributed by atoms with van der Waals surface area (Å²) in [5, 5.41) is 0. The summed E-state index contributed by atoms with van der Waals surface area (Å²) in [6.07, 6.45) is 4.82. The summed E-state index contributed by atoms with van der Waals surface area (Å²) in [6.45, 7) is 1.53. The quantitative estimate of drug-likeness (QED) is 0.716. The van der Waals surface area contributed by atoms with E-state index in [4.69, 9.17) is 14.2 Å². The molecule has 1 aromatic carbocycles. The third kappa shape index (κ3) is 5.26. The largest absolute Gasteiger partial charge is 0.489 e. The molecule has 1 aliphatic rings. The highest BCUT2D eigenvalue weighted by atomic mass is 79.9. The van der Waals surface area contributed by atoms with E-state index >= 15 is 0 Å². The first-order chi connectivity index (χ1) is 11.7. The molecule has 2 aromatic rings. The highest BCUT2D eigenvalue weighted by Crippen LogP contribution is 2.21. The first-order valence-electron chi connectivity index (χ1n) is 7.95. The van der Waals surface area contributed by atoms with Gasteiger partial charge < -0.3 is 14.2 Å². The van der Waals surface area contributed by atoms with Gasteiger partial charge in [-0.1, -0.05) is 22.0 Å². The van der Waals surface area contributed by atoms with Crippen molar-refractivity contribution in [1.29, 1.82) is 0 Å². The number of rotatable bonds is 6. The van der Waals surface area contributed by atoms with Crippen molar-refractivity contribution in [2.75, 3.05) is 6.61 Å². The molecule has 24 heavy (non-hydrogen) atoms. The standard InChI is InChI=1S/C18H19BrFNO3/c19-14-7-15(20)9-17(8-14)23-11-13-4-5-16(21-10-13)12-24-18-3-1-2-6-22-18/h4-5,7-10,18H,1-3,6,11-12H2. The highest BCUT2D eigenvalue weighted by molar-refractivity contribution is 9.10. The SMILES string of the molecule is Fc1cc(Br)cc(OCc2ccc(COC3CCCCO3)nc2)c1. The van der Waals surface area contributed by atoms with E-state index in [-0.39, 0.29) is 12.1 Å². The lowest BCUT2D eigenvalue weighted by Gasteiger charge is -2.22. The highest BCUT2D eigenvalue weighted by Gasteiger charge is 2.14. The molecule has 1 atom stereocenters. The molecule has 1 fully saturated rings. The maximum absolute atomic E-state index is 13.3. The van der Waals surface area contributed by atoms with Crippen molar-refractivity contribution in [2.24, 2.45) is 0 Å². The Morgan fingerprint density at radius 2 is 2.12 bits per heavy atom. The number of ether oxygens (including phenoxy) is 3. The lowest BCUT2D eigenvalue weighted by Crippen LogP contribution is -2.22. The van der Waals surface area contributed by atoms with E-state index in [9.17, 15) is 4.39 Å². The van der Waals surface area contributed by atoms with E-state index in [2.05, 4.69) is 20.9 Å². The van der Waals surface area contributed by atoms with Crippen LogP contribution >= 0.6 is 15.9 Å².